The quantitative estimate of drug-likeness (QED) is 0.839. The summed E-state index contributed by atoms with van der Waals surface area (Å²) in [5, 5.41) is 3.71. The number of sulfonamides is 1. The molecule has 0 unspecified atom stereocenters. The summed E-state index contributed by atoms with van der Waals surface area (Å²) in [5.41, 5.74) is 0.342. The molecule has 1 aromatic carbocycles. The SMILES string of the molecule is CCNCc1cc(Cl)cc(S(=O)(=O)NC2(C)CC2)c1Cl. The molecule has 7 heteroatoms. The molecule has 0 bridgehead atoms. The van der Waals surface area contributed by atoms with Crippen molar-refractivity contribution >= 4 is 33.2 Å². The molecule has 2 N–H and O–H groups in total. The van der Waals surface area contributed by atoms with E-state index in [1.54, 1.807) is 6.07 Å². The van der Waals surface area contributed by atoms with Crippen LogP contribution in [-0.2, 0) is 16.6 Å². The van der Waals surface area contributed by atoms with Crippen molar-refractivity contribution in [2.45, 2.75) is 43.7 Å². The Hall–Kier alpha value is -0.330. The molecule has 0 amide bonds. The van der Waals surface area contributed by atoms with Gasteiger partial charge in [-0.15, -0.1) is 0 Å². The second-order valence-electron chi connectivity index (χ2n) is 5.32. The normalized spacial score (nSPS) is 17.2. The van der Waals surface area contributed by atoms with Gasteiger partial charge >= 0.3 is 0 Å². The molecule has 1 saturated carbocycles. The summed E-state index contributed by atoms with van der Waals surface area (Å²) in [6, 6.07) is 3.08. The van der Waals surface area contributed by atoms with Crippen molar-refractivity contribution in [2.24, 2.45) is 0 Å². The van der Waals surface area contributed by atoms with Crippen LogP contribution in [0, 0.1) is 0 Å². The molecule has 0 aliphatic heterocycles. The van der Waals surface area contributed by atoms with Crippen molar-refractivity contribution in [3.63, 3.8) is 0 Å². The van der Waals surface area contributed by atoms with E-state index in [0.717, 1.165) is 19.4 Å². The summed E-state index contributed by atoms with van der Waals surface area (Å²) in [5.74, 6) is 0. The first kappa shape index (κ1) is 16.0. The molecule has 112 valence electrons. The lowest BCUT2D eigenvalue weighted by Crippen LogP contribution is -2.34. The molecule has 0 saturated heterocycles. The average molecular weight is 337 g/mol. The molecule has 20 heavy (non-hydrogen) atoms. The van der Waals surface area contributed by atoms with Gasteiger partial charge in [-0.05, 0) is 44.0 Å². The predicted molar refractivity (Wildman–Crippen MR) is 81.8 cm³/mol. The first-order chi connectivity index (χ1) is 9.27. The third-order valence-electron chi connectivity index (χ3n) is 3.32. The van der Waals surface area contributed by atoms with Gasteiger partial charge < -0.3 is 5.32 Å². The zero-order valence-corrected chi connectivity index (χ0v) is 13.8. The lowest BCUT2D eigenvalue weighted by Gasteiger charge is -2.15. The van der Waals surface area contributed by atoms with Gasteiger partial charge in [-0.2, -0.15) is 0 Å². The molecule has 1 fully saturated rings. The van der Waals surface area contributed by atoms with E-state index in [9.17, 15) is 8.42 Å². The Kier molecular flexibility index (Phi) is 4.66. The molecule has 0 aromatic heterocycles. The lowest BCUT2D eigenvalue weighted by molar-refractivity contribution is 0.558. The first-order valence-corrected chi connectivity index (χ1v) is 8.74. The molecule has 1 aliphatic carbocycles. The molecule has 0 spiro atoms. The number of nitrogens with one attached hydrogen (secondary N) is 2. The highest BCUT2D eigenvalue weighted by molar-refractivity contribution is 7.89. The van der Waals surface area contributed by atoms with Crippen LogP contribution in [0.4, 0.5) is 0 Å². The summed E-state index contributed by atoms with van der Waals surface area (Å²) in [4.78, 5) is 0.0488. The van der Waals surface area contributed by atoms with Crippen molar-refractivity contribution in [1.29, 1.82) is 0 Å². The highest BCUT2D eigenvalue weighted by Gasteiger charge is 2.41. The largest absolute Gasteiger partial charge is 0.313 e. The number of halogens is 2. The van der Waals surface area contributed by atoms with E-state index in [1.165, 1.54) is 6.07 Å². The number of benzene rings is 1. The Balaban J connectivity index is 2.37. The summed E-state index contributed by atoms with van der Waals surface area (Å²) in [7, 11) is -3.65. The van der Waals surface area contributed by atoms with Crippen LogP contribution >= 0.6 is 23.2 Å². The van der Waals surface area contributed by atoms with Crippen LogP contribution in [0.2, 0.25) is 10.0 Å². The fourth-order valence-electron chi connectivity index (χ4n) is 1.87. The van der Waals surface area contributed by atoms with E-state index in [-0.39, 0.29) is 15.5 Å². The molecule has 1 aliphatic rings. The van der Waals surface area contributed by atoms with Crippen molar-refractivity contribution in [3.05, 3.63) is 27.7 Å². The highest BCUT2D eigenvalue weighted by atomic mass is 35.5. The van der Waals surface area contributed by atoms with Crippen molar-refractivity contribution < 1.29 is 8.42 Å². The minimum absolute atomic E-state index is 0.0488. The zero-order valence-electron chi connectivity index (χ0n) is 11.5. The van der Waals surface area contributed by atoms with E-state index in [0.29, 0.717) is 17.1 Å². The van der Waals surface area contributed by atoms with E-state index in [2.05, 4.69) is 10.0 Å². The molecule has 0 atom stereocenters. The minimum atomic E-state index is -3.65. The first-order valence-electron chi connectivity index (χ1n) is 6.50. The van der Waals surface area contributed by atoms with Crippen molar-refractivity contribution in [2.75, 3.05) is 6.54 Å². The third kappa shape index (κ3) is 3.65. The summed E-state index contributed by atoms with van der Waals surface area (Å²) >= 11 is 12.2. The Morgan fingerprint density at radius 3 is 2.50 bits per heavy atom. The molecule has 0 radical (unpaired) electrons. The lowest BCUT2D eigenvalue weighted by atomic mass is 10.2. The molecule has 1 aromatic rings. The van der Waals surface area contributed by atoms with E-state index in [1.807, 2.05) is 13.8 Å². The second-order valence-corrected chi connectivity index (χ2v) is 7.79. The fourth-order valence-corrected chi connectivity index (χ4v) is 4.27. The Bertz CT molecular complexity index is 613. The number of rotatable bonds is 6. The van der Waals surface area contributed by atoms with Gasteiger partial charge in [0.1, 0.15) is 4.90 Å². The Morgan fingerprint density at radius 2 is 1.95 bits per heavy atom. The van der Waals surface area contributed by atoms with Gasteiger partial charge in [-0.3, -0.25) is 0 Å². The smallest absolute Gasteiger partial charge is 0.242 e. The monoisotopic (exact) mass is 336 g/mol. The number of hydrogen-bond donors (Lipinski definition) is 2. The predicted octanol–water partition coefficient (Wildman–Crippen LogP) is 2.93. The van der Waals surface area contributed by atoms with Gasteiger partial charge in [-0.25, -0.2) is 13.1 Å². The Morgan fingerprint density at radius 1 is 1.30 bits per heavy atom. The van der Waals surface area contributed by atoms with Crippen LogP contribution in [-0.4, -0.2) is 20.5 Å². The second kappa shape index (κ2) is 5.81. The van der Waals surface area contributed by atoms with Crippen LogP contribution in [0.5, 0.6) is 0 Å². The molecule has 4 nitrogen and oxygen atoms in total. The van der Waals surface area contributed by atoms with Gasteiger partial charge in [-0.1, -0.05) is 30.1 Å². The minimum Gasteiger partial charge on any atom is -0.313 e. The maximum absolute atomic E-state index is 12.4. The fraction of sp³-hybridized carbons (Fsp3) is 0.538. The van der Waals surface area contributed by atoms with Gasteiger partial charge in [0.2, 0.25) is 10.0 Å². The number of hydrogen-bond acceptors (Lipinski definition) is 3. The summed E-state index contributed by atoms with van der Waals surface area (Å²) in [6.45, 7) is 5.09. The summed E-state index contributed by atoms with van der Waals surface area (Å²) in [6.07, 6.45) is 1.68. The van der Waals surface area contributed by atoms with E-state index >= 15 is 0 Å². The van der Waals surface area contributed by atoms with Gasteiger partial charge in [0, 0.05) is 17.1 Å². The van der Waals surface area contributed by atoms with Crippen LogP contribution in [0.25, 0.3) is 0 Å². The standard InChI is InChI=1S/C13H18Cl2N2O2S/c1-3-16-8-9-6-10(14)7-11(12(9)15)20(18,19)17-13(2)4-5-13/h6-7,16-17H,3-5,8H2,1-2H3. The molecule has 2 rings (SSSR count). The van der Waals surface area contributed by atoms with E-state index < -0.39 is 10.0 Å². The van der Waals surface area contributed by atoms with Gasteiger partial charge in [0.05, 0.1) is 5.02 Å². The van der Waals surface area contributed by atoms with Crippen molar-refractivity contribution in [1.82, 2.24) is 10.0 Å². The van der Waals surface area contributed by atoms with Crippen LogP contribution in [0.3, 0.4) is 0 Å². The highest BCUT2D eigenvalue weighted by Crippen LogP contribution is 2.37. The van der Waals surface area contributed by atoms with Crippen LogP contribution < -0.4 is 10.0 Å². The maximum Gasteiger partial charge on any atom is 0.242 e. The third-order valence-corrected chi connectivity index (χ3v) is 5.75. The topological polar surface area (TPSA) is 58.2 Å². The molecule has 0 heterocycles. The average Bonchev–Trinajstić information content (AvgIpc) is 3.06. The van der Waals surface area contributed by atoms with Crippen molar-refractivity contribution in [3.8, 4) is 0 Å². The van der Waals surface area contributed by atoms with Gasteiger partial charge in [0.25, 0.3) is 0 Å². The Labute approximate surface area is 129 Å². The molecular weight excluding hydrogens is 319 g/mol. The van der Waals surface area contributed by atoms with E-state index in [4.69, 9.17) is 23.2 Å². The molecular formula is C13H18Cl2N2O2S. The van der Waals surface area contributed by atoms with Crippen LogP contribution in [0.15, 0.2) is 17.0 Å². The zero-order chi connectivity index (χ0) is 15.0. The van der Waals surface area contributed by atoms with Crippen LogP contribution in [0.1, 0.15) is 32.3 Å². The summed E-state index contributed by atoms with van der Waals surface area (Å²) < 4.78 is 27.5. The van der Waals surface area contributed by atoms with Gasteiger partial charge in [0.15, 0.2) is 0 Å². The maximum atomic E-state index is 12.4.